The zero-order valence-electron chi connectivity index (χ0n) is 5.68. The van der Waals surface area contributed by atoms with Gasteiger partial charge in [0.15, 0.2) is 0 Å². The van der Waals surface area contributed by atoms with Crippen molar-refractivity contribution in [3.05, 3.63) is 0 Å². The summed E-state index contributed by atoms with van der Waals surface area (Å²) in [4.78, 5) is 0. The van der Waals surface area contributed by atoms with Crippen LogP contribution in [-0.2, 0) is 0 Å². The molecule has 0 aromatic rings. The van der Waals surface area contributed by atoms with Gasteiger partial charge in [-0.1, -0.05) is 6.92 Å². The second kappa shape index (κ2) is 3.16. The molecule has 3 atom stereocenters. The second-order valence-electron chi connectivity index (χ2n) is 3.06. The molecule has 0 nitrogen and oxygen atoms in total. The van der Waals surface area contributed by atoms with Gasteiger partial charge in [-0.25, -0.2) is 0 Å². The summed E-state index contributed by atoms with van der Waals surface area (Å²) in [6.07, 6.45) is 3.51. The van der Waals surface area contributed by atoms with Crippen molar-refractivity contribution in [2.75, 3.05) is 0 Å². The third kappa shape index (κ3) is 2.38. The Morgan fingerprint density at radius 1 is 1.33 bits per heavy atom. The SMILES string of the molecule is CC1CC(S)CC(Cl)C1. The van der Waals surface area contributed by atoms with Gasteiger partial charge in [-0.3, -0.25) is 0 Å². The van der Waals surface area contributed by atoms with Gasteiger partial charge in [0.25, 0.3) is 0 Å². The second-order valence-corrected chi connectivity index (χ2v) is 4.41. The van der Waals surface area contributed by atoms with E-state index >= 15 is 0 Å². The molecule has 0 aliphatic heterocycles. The maximum atomic E-state index is 5.96. The topological polar surface area (TPSA) is 0 Å². The molecule has 54 valence electrons. The van der Waals surface area contributed by atoms with Crippen molar-refractivity contribution in [3.8, 4) is 0 Å². The van der Waals surface area contributed by atoms with E-state index in [1.165, 1.54) is 12.8 Å². The van der Waals surface area contributed by atoms with Crippen molar-refractivity contribution in [3.63, 3.8) is 0 Å². The van der Waals surface area contributed by atoms with E-state index < -0.39 is 0 Å². The lowest BCUT2D eigenvalue weighted by Gasteiger charge is -2.26. The Morgan fingerprint density at radius 3 is 2.44 bits per heavy atom. The number of thiol groups is 1. The normalized spacial score (nSPS) is 45.0. The molecule has 2 heteroatoms. The lowest BCUT2D eigenvalue weighted by Crippen LogP contribution is -2.21. The van der Waals surface area contributed by atoms with Crippen molar-refractivity contribution in [1.29, 1.82) is 0 Å². The maximum Gasteiger partial charge on any atom is 0.0349 e. The van der Waals surface area contributed by atoms with Crippen LogP contribution in [0.3, 0.4) is 0 Å². The summed E-state index contributed by atoms with van der Waals surface area (Å²) in [5.41, 5.74) is 0. The Morgan fingerprint density at radius 2 is 2.00 bits per heavy atom. The summed E-state index contributed by atoms with van der Waals surface area (Å²) in [6.45, 7) is 2.25. The summed E-state index contributed by atoms with van der Waals surface area (Å²) < 4.78 is 0. The average molecular weight is 165 g/mol. The minimum absolute atomic E-state index is 0.385. The Hall–Kier alpha value is 0.640. The smallest absolute Gasteiger partial charge is 0.0349 e. The largest absolute Gasteiger partial charge is 0.176 e. The highest BCUT2D eigenvalue weighted by atomic mass is 35.5. The van der Waals surface area contributed by atoms with Gasteiger partial charge < -0.3 is 0 Å². The van der Waals surface area contributed by atoms with Crippen LogP contribution in [0, 0.1) is 5.92 Å². The first-order valence-electron chi connectivity index (χ1n) is 3.50. The Kier molecular flexibility index (Phi) is 2.72. The number of hydrogen-bond acceptors (Lipinski definition) is 1. The van der Waals surface area contributed by atoms with Crippen LogP contribution >= 0.6 is 24.2 Å². The summed E-state index contributed by atoms with van der Waals surface area (Å²) in [7, 11) is 0. The van der Waals surface area contributed by atoms with Crippen LogP contribution in [0.25, 0.3) is 0 Å². The molecule has 0 aromatic heterocycles. The number of halogens is 1. The predicted molar refractivity (Wildman–Crippen MR) is 45.4 cm³/mol. The average Bonchev–Trinajstić information content (AvgIpc) is 1.59. The van der Waals surface area contributed by atoms with Gasteiger partial charge in [0.05, 0.1) is 0 Å². The first-order chi connectivity index (χ1) is 4.18. The van der Waals surface area contributed by atoms with E-state index in [-0.39, 0.29) is 0 Å². The van der Waals surface area contributed by atoms with E-state index in [0.717, 1.165) is 12.3 Å². The number of hydrogen-bond donors (Lipinski definition) is 1. The van der Waals surface area contributed by atoms with Crippen molar-refractivity contribution in [2.24, 2.45) is 5.92 Å². The third-order valence-electron chi connectivity index (χ3n) is 1.86. The highest BCUT2D eigenvalue weighted by Crippen LogP contribution is 2.30. The first-order valence-corrected chi connectivity index (χ1v) is 4.46. The fraction of sp³-hybridized carbons (Fsp3) is 1.00. The first kappa shape index (κ1) is 7.74. The van der Waals surface area contributed by atoms with Crippen LogP contribution in [0.5, 0.6) is 0 Å². The van der Waals surface area contributed by atoms with Crippen molar-refractivity contribution in [1.82, 2.24) is 0 Å². The number of alkyl halides is 1. The van der Waals surface area contributed by atoms with E-state index in [1.54, 1.807) is 0 Å². The van der Waals surface area contributed by atoms with E-state index in [9.17, 15) is 0 Å². The Balaban J connectivity index is 2.34. The Labute approximate surface area is 67.4 Å². The third-order valence-corrected chi connectivity index (χ3v) is 2.64. The van der Waals surface area contributed by atoms with Gasteiger partial charge in [-0.15, -0.1) is 11.6 Å². The zero-order chi connectivity index (χ0) is 6.85. The van der Waals surface area contributed by atoms with Crippen molar-refractivity contribution < 1.29 is 0 Å². The van der Waals surface area contributed by atoms with Crippen LogP contribution in [0.4, 0.5) is 0 Å². The zero-order valence-corrected chi connectivity index (χ0v) is 7.33. The highest BCUT2D eigenvalue weighted by Gasteiger charge is 2.22. The standard InChI is InChI=1S/C7H13ClS/c1-5-2-6(8)4-7(9)3-5/h5-7,9H,2-4H2,1H3. The molecular weight excluding hydrogens is 152 g/mol. The Bertz CT molecular complexity index is 69.9. The fourth-order valence-electron chi connectivity index (χ4n) is 1.48. The van der Waals surface area contributed by atoms with Crippen LogP contribution in [0.1, 0.15) is 26.2 Å². The van der Waals surface area contributed by atoms with E-state index in [0.29, 0.717) is 10.6 Å². The minimum Gasteiger partial charge on any atom is -0.176 e. The van der Waals surface area contributed by atoms with Crippen molar-refractivity contribution in [2.45, 2.75) is 36.8 Å². The maximum absolute atomic E-state index is 5.96. The van der Waals surface area contributed by atoms with Crippen LogP contribution in [-0.4, -0.2) is 10.6 Å². The summed E-state index contributed by atoms with van der Waals surface area (Å²) in [6, 6.07) is 0. The molecule has 1 fully saturated rings. The molecule has 9 heavy (non-hydrogen) atoms. The highest BCUT2D eigenvalue weighted by molar-refractivity contribution is 7.80. The lowest BCUT2D eigenvalue weighted by atomic mass is 9.90. The molecule has 0 heterocycles. The van der Waals surface area contributed by atoms with Crippen LogP contribution < -0.4 is 0 Å². The molecule has 1 rings (SSSR count). The predicted octanol–water partition coefficient (Wildman–Crippen LogP) is 2.71. The molecule has 1 saturated carbocycles. The molecule has 0 amide bonds. The van der Waals surface area contributed by atoms with E-state index in [4.69, 9.17) is 11.6 Å². The van der Waals surface area contributed by atoms with Gasteiger partial charge >= 0.3 is 0 Å². The van der Waals surface area contributed by atoms with Gasteiger partial charge in [0, 0.05) is 10.6 Å². The van der Waals surface area contributed by atoms with Crippen LogP contribution in [0.15, 0.2) is 0 Å². The molecule has 3 unspecified atom stereocenters. The molecule has 0 radical (unpaired) electrons. The lowest BCUT2D eigenvalue weighted by molar-refractivity contribution is 0.401. The quantitative estimate of drug-likeness (QED) is 0.413. The molecular formula is C7H13ClS. The monoisotopic (exact) mass is 164 g/mol. The van der Waals surface area contributed by atoms with Gasteiger partial charge in [-0.2, -0.15) is 12.6 Å². The van der Waals surface area contributed by atoms with E-state index in [1.807, 2.05) is 0 Å². The van der Waals surface area contributed by atoms with Gasteiger partial charge in [-0.05, 0) is 25.2 Å². The minimum atomic E-state index is 0.385. The summed E-state index contributed by atoms with van der Waals surface area (Å²) in [5, 5.41) is 0.937. The molecule has 1 aliphatic carbocycles. The number of rotatable bonds is 0. The van der Waals surface area contributed by atoms with Gasteiger partial charge in [0.2, 0.25) is 0 Å². The molecule has 0 bridgehead atoms. The van der Waals surface area contributed by atoms with E-state index in [2.05, 4.69) is 19.6 Å². The van der Waals surface area contributed by atoms with Crippen molar-refractivity contribution >= 4 is 24.2 Å². The fourth-order valence-corrected chi connectivity index (χ4v) is 2.74. The summed E-state index contributed by atoms with van der Waals surface area (Å²) in [5.74, 6) is 0.781. The van der Waals surface area contributed by atoms with Gasteiger partial charge in [0.1, 0.15) is 0 Å². The molecule has 0 spiro atoms. The summed E-state index contributed by atoms with van der Waals surface area (Å²) >= 11 is 10.4. The molecule has 0 aromatic carbocycles. The molecule has 0 N–H and O–H groups in total. The molecule has 0 saturated heterocycles. The molecule has 1 aliphatic rings. The van der Waals surface area contributed by atoms with Crippen LogP contribution in [0.2, 0.25) is 0 Å².